The number of halogens is 1. The molecule has 318 valence electrons. The number of carbonyl (C=O) groups excluding carboxylic acids is 2. The van der Waals surface area contributed by atoms with Gasteiger partial charge in [0.2, 0.25) is 5.91 Å². The molecule has 0 spiro atoms. The third-order valence-corrected chi connectivity index (χ3v) is 13.0. The number of ether oxygens (including phenoxy) is 3. The van der Waals surface area contributed by atoms with Gasteiger partial charge in [0, 0.05) is 62.9 Å². The van der Waals surface area contributed by atoms with Crippen LogP contribution in [0.2, 0.25) is 5.02 Å². The molecule has 3 fully saturated rings. The summed E-state index contributed by atoms with van der Waals surface area (Å²) in [5, 5.41) is 0.704. The predicted molar refractivity (Wildman–Crippen MR) is 231 cm³/mol. The highest BCUT2D eigenvalue weighted by atomic mass is 35.5. The summed E-state index contributed by atoms with van der Waals surface area (Å²) in [6.07, 6.45) is 18.2. The molecule has 3 aliphatic carbocycles. The molecule has 0 N–H and O–H groups in total. The Labute approximate surface area is 359 Å². The van der Waals surface area contributed by atoms with Crippen LogP contribution in [0.1, 0.15) is 110 Å². The van der Waals surface area contributed by atoms with Gasteiger partial charge in [-0.1, -0.05) is 66.9 Å². The maximum absolute atomic E-state index is 15.3. The lowest BCUT2D eigenvalue weighted by atomic mass is 9.95. The number of nitrogens with zero attached hydrogens (tertiary/aromatic N) is 6. The molecule has 0 bridgehead atoms. The number of amides is 2. The Kier molecular flexibility index (Phi) is 14.0. The van der Waals surface area contributed by atoms with E-state index >= 15 is 4.79 Å². The van der Waals surface area contributed by atoms with Crippen molar-refractivity contribution < 1.29 is 23.8 Å². The fraction of sp³-hybridized carbons (Fsp3) is 0.500. The van der Waals surface area contributed by atoms with Crippen molar-refractivity contribution in [1.82, 2.24) is 29.2 Å². The quantitative estimate of drug-likeness (QED) is 0.116. The van der Waals surface area contributed by atoms with Crippen LogP contribution in [0.5, 0.6) is 0 Å². The second-order valence-corrected chi connectivity index (χ2v) is 17.3. The molecule has 60 heavy (non-hydrogen) atoms. The summed E-state index contributed by atoms with van der Waals surface area (Å²) in [5.74, 6) is 1.00. The third kappa shape index (κ3) is 10.3. The standard InChI is InChI=1S/C48H59ClN6O5/c1-35(59-40-16-7-3-8-17-40)58-34-44-50-25-28-52(44)26-12-27-54(32-36-13-5-2-6-14-36)47(56)43-33-53(29-30-55(43)48(57)60-41-18-9-4-10-19-41)46-42-23-22-39(49)31-38(42)21-20-37-15-11-24-51-45(37)46/h2,5-6,11,13-15,22-25,28,31,40-41,43,46H,1,3-4,7-10,12,16-21,26-27,29-30,32-34H2/t43-,46+/m1/s1. The van der Waals surface area contributed by atoms with E-state index in [1.807, 2.05) is 59.8 Å². The van der Waals surface area contributed by atoms with E-state index in [1.54, 1.807) is 11.1 Å². The number of rotatable bonds is 14. The number of aryl methyl sites for hydroxylation is 3. The summed E-state index contributed by atoms with van der Waals surface area (Å²) >= 11 is 6.56. The normalized spacial score (nSPS) is 20.1. The number of aromatic nitrogens is 3. The molecule has 2 saturated carbocycles. The number of imidazole rings is 1. The van der Waals surface area contributed by atoms with Gasteiger partial charge in [-0.05, 0) is 118 Å². The number of piperazine rings is 1. The first kappa shape index (κ1) is 41.8. The summed E-state index contributed by atoms with van der Waals surface area (Å²) in [6.45, 7) is 7.02. The molecule has 2 aromatic heterocycles. The molecular weight excluding hydrogens is 776 g/mol. The van der Waals surface area contributed by atoms with Crippen molar-refractivity contribution in [2.75, 3.05) is 26.2 Å². The highest BCUT2D eigenvalue weighted by Gasteiger charge is 2.43. The first-order valence-corrected chi connectivity index (χ1v) is 22.5. The van der Waals surface area contributed by atoms with Crippen LogP contribution in [-0.2, 0) is 51.5 Å². The molecule has 11 nitrogen and oxygen atoms in total. The van der Waals surface area contributed by atoms with Crippen molar-refractivity contribution in [3.05, 3.63) is 131 Å². The largest absolute Gasteiger partial charge is 0.463 e. The van der Waals surface area contributed by atoms with E-state index in [1.165, 1.54) is 30.4 Å². The van der Waals surface area contributed by atoms with Gasteiger partial charge in [0.05, 0.1) is 11.7 Å². The minimum absolute atomic E-state index is 0.0966. The van der Waals surface area contributed by atoms with Crippen molar-refractivity contribution in [3.8, 4) is 0 Å². The van der Waals surface area contributed by atoms with Crippen molar-refractivity contribution in [1.29, 1.82) is 0 Å². The van der Waals surface area contributed by atoms with Crippen LogP contribution in [0.4, 0.5) is 4.79 Å². The van der Waals surface area contributed by atoms with Crippen LogP contribution in [-0.4, -0.2) is 85.7 Å². The Morgan fingerprint density at radius 3 is 2.37 bits per heavy atom. The van der Waals surface area contributed by atoms with Crippen LogP contribution in [0.25, 0.3) is 0 Å². The highest BCUT2D eigenvalue weighted by molar-refractivity contribution is 6.30. The fourth-order valence-electron chi connectivity index (χ4n) is 9.56. The van der Waals surface area contributed by atoms with Crippen LogP contribution >= 0.6 is 11.6 Å². The van der Waals surface area contributed by atoms with E-state index in [-0.39, 0.29) is 30.8 Å². The fourth-order valence-corrected chi connectivity index (χ4v) is 9.75. The number of benzene rings is 2. The summed E-state index contributed by atoms with van der Waals surface area (Å²) in [6, 6.07) is 19.4. The van der Waals surface area contributed by atoms with Crippen LogP contribution < -0.4 is 0 Å². The lowest BCUT2D eigenvalue weighted by Crippen LogP contribution is -2.62. The van der Waals surface area contributed by atoms with E-state index in [4.69, 9.17) is 30.8 Å². The maximum atomic E-state index is 15.3. The zero-order valence-electron chi connectivity index (χ0n) is 34.8. The molecule has 4 aromatic rings. The van der Waals surface area contributed by atoms with E-state index < -0.39 is 12.1 Å². The Morgan fingerprint density at radius 2 is 1.58 bits per heavy atom. The summed E-state index contributed by atoms with van der Waals surface area (Å²) in [7, 11) is 0. The first-order valence-electron chi connectivity index (χ1n) is 22.1. The second-order valence-electron chi connectivity index (χ2n) is 16.8. The van der Waals surface area contributed by atoms with Crippen molar-refractivity contribution in [2.45, 2.75) is 127 Å². The van der Waals surface area contributed by atoms with Crippen molar-refractivity contribution >= 4 is 23.6 Å². The third-order valence-electron chi connectivity index (χ3n) is 12.7. The summed E-state index contributed by atoms with van der Waals surface area (Å²) in [4.78, 5) is 45.0. The molecule has 4 aliphatic rings. The van der Waals surface area contributed by atoms with Gasteiger partial charge in [-0.3, -0.25) is 19.6 Å². The van der Waals surface area contributed by atoms with Gasteiger partial charge in [-0.15, -0.1) is 0 Å². The van der Waals surface area contributed by atoms with E-state index in [0.29, 0.717) is 56.7 Å². The highest BCUT2D eigenvalue weighted by Crippen LogP contribution is 2.38. The average Bonchev–Trinajstić information content (AvgIpc) is 3.66. The molecule has 2 atom stereocenters. The van der Waals surface area contributed by atoms with Crippen LogP contribution in [0.15, 0.2) is 91.8 Å². The molecule has 0 unspecified atom stereocenters. The molecule has 2 amide bonds. The molecular formula is C48H59ClN6O5. The summed E-state index contributed by atoms with van der Waals surface area (Å²) < 4.78 is 20.2. The SMILES string of the molecule is C=C(OCc1nccn1CCCN(Cc1ccccc1)C(=O)[C@H]1CN([C@H]2c3ccc(Cl)cc3CCc3cccnc32)CCN1C(=O)OC1CCCCC1)OC1CCCCC1. The number of hydrogen-bond donors (Lipinski definition) is 0. The molecule has 8 rings (SSSR count). The van der Waals surface area contributed by atoms with Crippen LogP contribution in [0, 0.1) is 0 Å². The summed E-state index contributed by atoms with van der Waals surface area (Å²) in [5.41, 5.74) is 5.53. The Morgan fingerprint density at radius 1 is 0.833 bits per heavy atom. The minimum atomic E-state index is -0.767. The van der Waals surface area contributed by atoms with Gasteiger partial charge in [0.15, 0.2) is 0 Å². The maximum Gasteiger partial charge on any atom is 0.410 e. The average molecular weight is 835 g/mol. The molecule has 3 heterocycles. The van der Waals surface area contributed by atoms with E-state index in [0.717, 1.165) is 80.4 Å². The Hall–Kier alpha value is -4.87. The topological polar surface area (TPSA) is 102 Å². The van der Waals surface area contributed by atoms with E-state index in [2.05, 4.69) is 39.2 Å². The zero-order chi connectivity index (χ0) is 41.3. The monoisotopic (exact) mass is 834 g/mol. The Bertz CT molecular complexity index is 2060. The number of hydrogen-bond acceptors (Lipinski definition) is 8. The van der Waals surface area contributed by atoms with Gasteiger partial charge in [0.1, 0.15) is 30.7 Å². The van der Waals surface area contributed by atoms with Gasteiger partial charge >= 0.3 is 6.09 Å². The molecule has 0 radical (unpaired) electrons. The van der Waals surface area contributed by atoms with Gasteiger partial charge < -0.3 is 23.7 Å². The molecule has 2 aromatic carbocycles. The van der Waals surface area contributed by atoms with E-state index in [9.17, 15) is 4.79 Å². The lowest BCUT2D eigenvalue weighted by Gasteiger charge is -2.45. The number of pyridine rings is 1. The van der Waals surface area contributed by atoms with Crippen molar-refractivity contribution in [3.63, 3.8) is 0 Å². The molecule has 12 heteroatoms. The minimum Gasteiger partial charge on any atom is -0.463 e. The second kappa shape index (κ2) is 20.1. The zero-order valence-corrected chi connectivity index (χ0v) is 35.5. The lowest BCUT2D eigenvalue weighted by molar-refractivity contribution is -0.140. The van der Waals surface area contributed by atoms with Gasteiger partial charge in [-0.2, -0.15) is 0 Å². The first-order chi connectivity index (χ1) is 29.4. The Balaban J connectivity index is 1.03. The number of carbonyl (C=O) groups is 2. The number of fused-ring (bicyclic) bond motifs is 2. The predicted octanol–water partition coefficient (Wildman–Crippen LogP) is 9.03. The van der Waals surface area contributed by atoms with Crippen molar-refractivity contribution in [2.24, 2.45) is 0 Å². The molecule has 1 saturated heterocycles. The van der Waals surface area contributed by atoms with Crippen LogP contribution in [0.3, 0.4) is 0 Å². The van der Waals surface area contributed by atoms with Gasteiger partial charge in [0.25, 0.3) is 5.95 Å². The molecule has 1 aliphatic heterocycles. The van der Waals surface area contributed by atoms with Gasteiger partial charge in [-0.25, -0.2) is 9.78 Å². The smallest absolute Gasteiger partial charge is 0.410 e.